The summed E-state index contributed by atoms with van der Waals surface area (Å²) in [5.41, 5.74) is 5.50. The van der Waals surface area contributed by atoms with Crippen molar-refractivity contribution in [1.29, 1.82) is 0 Å². The molecule has 0 saturated carbocycles. The van der Waals surface area contributed by atoms with E-state index in [9.17, 15) is 14.7 Å². The van der Waals surface area contributed by atoms with E-state index in [0.717, 1.165) is 17.5 Å². The van der Waals surface area contributed by atoms with Crippen LogP contribution in [-0.2, 0) is 22.7 Å². The molecule has 3 N–H and O–H groups in total. The number of aliphatic carboxylic acids is 1. The van der Waals surface area contributed by atoms with Crippen molar-refractivity contribution in [2.75, 3.05) is 20.8 Å². The van der Waals surface area contributed by atoms with Crippen LogP contribution < -0.4 is 24.8 Å². The lowest BCUT2D eigenvalue weighted by Gasteiger charge is -2.17. The number of carboxylic acids is 1. The summed E-state index contributed by atoms with van der Waals surface area (Å²) in [4.78, 5) is 22.4. The van der Waals surface area contributed by atoms with Crippen LogP contribution >= 0.6 is 0 Å². The van der Waals surface area contributed by atoms with Gasteiger partial charge in [0.2, 0.25) is 5.91 Å². The first kappa shape index (κ1) is 29.5. The van der Waals surface area contributed by atoms with Gasteiger partial charge in [0, 0.05) is 25.6 Å². The molecule has 0 spiro atoms. The van der Waals surface area contributed by atoms with E-state index in [4.69, 9.17) is 14.2 Å². The monoisotopic (exact) mass is 534 g/mol. The highest BCUT2D eigenvalue weighted by Gasteiger charge is 2.18. The van der Waals surface area contributed by atoms with Crippen molar-refractivity contribution in [3.05, 3.63) is 77.4 Å². The van der Waals surface area contributed by atoms with Crippen LogP contribution in [0.4, 0.5) is 0 Å². The molecule has 0 radical (unpaired) electrons. The number of unbranched alkanes of at least 4 members (excludes halogenated alkanes) is 1. The number of amides is 1. The second kappa shape index (κ2) is 14.8. The highest BCUT2D eigenvalue weighted by atomic mass is 16.5. The Morgan fingerprint density at radius 2 is 1.64 bits per heavy atom. The minimum absolute atomic E-state index is 0.344. The van der Waals surface area contributed by atoms with Gasteiger partial charge in [-0.15, -0.1) is 0 Å². The number of hydrogen-bond acceptors (Lipinski definition) is 6. The van der Waals surface area contributed by atoms with Crippen molar-refractivity contribution in [2.24, 2.45) is 0 Å². The molecule has 0 aliphatic carbocycles. The van der Waals surface area contributed by atoms with Crippen molar-refractivity contribution in [3.63, 3.8) is 0 Å². The van der Waals surface area contributed by atoms with Crippen molar-refractivity contribution in [2.45, 2.75) is 52.3 Å². The lowest BCUT2D eigenvalue weighted by atomic mass is 9.97. The van der Waals surface area contributed by atoms with Crippen molar-refractivity contribution in [3.8, 4) is 28.4 Å². The smallest absolute Gasteiger partial charge is 0.326 e. The molecule has 1 atom stereocenters. The number of hydrogen-bond donors (Lipinski definition) is 3. The molecule has 8 heteroatoms. The number of nitrogens with one attached hydrogen (secondary N) is 2. The van der Waals surface area contributed by atoms with Gasteiger partial charge in [-0.3, -0.25) is 4.79 Å². The van der Waals surface area contributed by atoms with Crippen LogP contribution in [0.1, 0.15) is 42.9 Å². The van der Waals surface area contributed by atoms with Crippen molar-refractivity contribution < 1.29 is 28.9 Å². The Bertz CT molecular complexity index is 1220. The first-order valence-electron chi connectivity index (χ1n) is 13.1. The lowest BCUT2D eigenvalue weighted by molar-refractivity contribution is -0.141. The Kier molecular flexibility index (Phi) is 11.2. The van der Waals surface area contributed by atoms with Gasteiger partial charge in [-0.1, -0.05) is 48.5 Å². The largest absolute Gasteiger partial charge is 0.496 e. The molecule has 208 valence electrons. The van der Waals surface area contributed by atoms with E-state index in [-0.39, 0.29) is 5.91 Å². The zero-order valence-corrected chi connectivity index (χ0v) is 23.1. The Morgan fingerprint density at radius 1 is 0.949 bits per heavy atom. The molecular weight excluding hydrogens is 496 g/mol. The van der Waals surface area contributed by atoms with Crippen LogP contribution in [-0.4, -0.2) is 43.8 Å². The normalized spacial score (nSPS) is 11.5. The van der Waals surface area contributed by atoms with Crippen molar-refractivity contribution in [1.82, 2.24) is 10.6 Å². The molecule has 3 rings (SSSR count). The molecule has 8 nitrogen and oxygen atoms in total. The third-order valence-corrected chi connectivity index (χ3v) is 6.58. The maximum atomic E-state index is 11.3. The van der Waals surface area contributed by atoms with Gasteiger partial charge in [-0.2, -0.15) is 0 Å². The summed E-state index contributed by atoms with van der Waals surface area (Å²) in [7, 11) is 3.23. The summed E-state index contributed by atoms with van der Waals surface area (Å²) in [6.45, 7) is 5.02. The van der Waals surface area contributed by atoms with Gasteiger partial charge in [0.1, 0.15) is 29.9 Å². The van der Waals surface area contributed by atoms with Crippen LogP contribution in [0.2, 0.25) is 0 Å². The number of carboxylic acid groups (broad SMARTS) is 1. The third-order valence-electron chi connectivity index (χ3n) is 6.58. The predicted molar refractivity (Wildman–Crippen MR) is 151 cm³/mol. The maximum Gasteiger partial charge on any atom is 0.326 e. The molecule has 0 aliphatic rings. The average molecular weight is 535 g/mol. The summed E-state index contributed by atoms with van der Waals surface area (Å²) in [6.07, 6.45) is 1.80. The number of methoxy groups -OCH3 is 2. The van der Waals surface area contributed by atoms with Crippen LogP contribution in [0, 0.1) is 6.92 Å². The number of carbonyl (C=O) groups excluding carboxylic acids is 1. The first-order valence-corrected chi connectivity index (χ1v) is 13.1. The Hall–Kier alpha value is -4.04. The van der Waals surface area contributed by atoms with Crippen LogP contribution in [0.3, 0.4) is 0 Å². The van der Waals surface area contributed by atoms with Crippen molar-refractivity contribution >= 4 is 11.9 Å². The Morgan fingerprint density at radius 3 is 2.26 bits per heavy atom. The van der Waals surface area contributed by atoms with E-state index < -0.39 is 12.0 Å². The van der Waals surface area contributed by atoms with Crippen LogP contribution in [0.25, 0.3) is 11.1 Å². The number of benzene rings is 3. The van der Waals surface area contributed by atoms with Gasteiger partial charge in [0.25, 0.3) is 0 Å². The first-order chi connectivity index (χ1) is 18.8. The molecule has 0 aliphatic heterocycles. The molecule has 0 heterocycles. The molecule has 0 saturated heterocycles. The molecule has 0 aromatic heterocycles. The van der Waals surface area contributed by atoms with E-state index in [1.807, 2.05) is 36.4 Å². The maximum absolute atomic E-state index is 11.3. The van der Waals surface area contributed by atoms with Crippen LogP contribution in [0.15, 0.2) is 60.7 Å². The summed E-state index contributed by atoms with van der Waals surface area (Å²) in [6, 6.07) is 19.4. The molecule has 3 aromatic rings. The highest BCUT2D eigenvalue weighted by Crippen LogP contribution is 2.35. The van der Waals surface area contributed by atoms with Gasteiger partial charge in [-0.05, 0) is 55.0 Å². The predicted octanol–water partition coefficient (Wildman–Crippen LogP) is 5.11. The highest BCUT2D eigenvalue weighted by molar-refractivity contribution is 5.82. The zero-order valence-electron chi connectivity index (χ0n) is 23.1. The second-order valence-electron chi connectivity index (χ2n) is 9.31. The van der Waals surface area contributed by atoms with Gasteiger partial charge >= 0.3 is 5.97 Å². The van der Waals surface area contributed by atoms with E-state index >= 15 is 0 Å². The van der Waals surface area contributed by atoms with E-state index in [1.54, 1.807) is 14.2 Å². The molecule has 1 amide bonds. The molecular formula is C31H38N2O6. The summed E-state index contributed by atoms with van der Waals surface area (Å²) in [5, 5.41) is 15.0. The fourth-order valence-corrected chi connectivity index (χ4v) is 4.46. The molecule has 0 unspecified atom stereocenters. The minimum atomic E-state index is -1.02. The molecule has 0 fully saturated rings. The van der Waals surface area contributed by atoms with Gasteiger partial charge in [0.05, 0.1) is 19.8 Å². The van der Waals surface area contributed by atoms with Gasteiger partial charge < -0.3 is 30.0 Å². The fourth-order valence-electron chi connectivity index (χ4n) is 4.46. The third kappa shape index (κ3) is 8.48. The quantitative estimate of drug-likeness (QED) is 0.233. The van der Waals surface area contributed by atoms with Crippen LogP contribution in [0.5, 0.6) is 17.2 Å². The average Bonchev–Trinajstić information content (AvgIpc) is 2.93. The topological polar surface area (TPSA) is 106 Å². The second-order valence-corrected chi connectivity index (χ2v) is 9.31. The molecule has 0 bridgehead atoms. The zero-order chi connectivity index (χ0) is 28.2. The van der Waals surface area contributed by atoms with Gasteiger partial charge in [0.15, 0.2) is 0 Å². The van der Waals surface area contributed by atoms with E-state index in [0.29, 0.717) is 49.8 Å². The lowest BCUT2D eigenvalue weighted by Crippen LogP contribution is -2.39. The van der Waals surface area contributed by atoms with E-state index in [2.05, 4.69) is 41.8 Å². The minimum Gasteiger partial charge on any atom is -0.496 e. The Balaban J connectivity index is 1.59. The van der Waals surface area contributed by atoms with E-state index in [1.165, 1.54) is 23.6 Å². The van der Waals surface area contributed by atoms with Gasteiger partial charge in [-0.25, -0.2) is 4.79 Å². The Labute approximate surface area is 230 Å². The number of rotatable bonds is 15. The molecule has 39 heavy (non-hydrogen) atoms. The summed E-state index contributed by atoms with van der Waals surface area (Å²) >= 11 is 0. The fraction of sp³-hybridized carbons (Fsp3) is 0.355. The molecule has 3 aromatic carbocycles. The summed E-state index contributed by atoms with van der Waals surface area (Å²) < 4.78 is 17.5. The number of ether oxygens (including phenoxy) is 3. The standard InChI is InChI=1S/C31H38N2O6/c1-21-24(13-10-14-26(21)23-11-6-5-7-12-23)20-39-25-17-29(37-3)27(30(18-25)38-4)19-32-16-9-8-15-28(31(35)36)33-22(2)34/h5-7,10-14,17-18,28,32H,8-9,15-16,19-20H2,1-4H3,(H,33,34)(H,35,36)/t28-/m0/s1. The SMILES string of the molecule is COc1cc(OCc2cccc(-c3ccccc3)c2C)cc(OC)c1CNCCCC[C@H](NC(C)=O)C(=O)O. The number of carbonyl (C=O) groups is 2. The summed E-state index contributed by atoms with van der Waals surface area (Å²) in [5.74, 6) is 0.595.